The first-order valence-electron chi connectivity index (χ1n) is 1.44. The SMILES string of the molecule is ClOCl.OCCO.S. The lowest BCUT2D eigenvalue weighted by Crippen LogP contribution is -1.85. The molecule has 0 aromatic heterocycles. The third-order valence-electron chi connectivity index (χ3n) is 0.1000. The zero-order chi connectivity index (χ0) is 6.12. The molecule has 0 aliphatic heterocycles. The van der Waals surface area contributed by atoms with E-state index in [2.05, 4.69) is 27.6 Å². The van der Waals surface area contributed by atoms with Gasteiger partial charge in [-0.15, -0.1) is 0 Å². The second-order valence-electron chi connectivity index (χ2n) is 0.506. The molecule has 0 unspecified atom stereocenters. The molecular weight excluding hydrogens is 175 g/mol. The molecule has 3 nitrogen and oxygen atoms in total. The molecule has 0 aromatic carbocycles. The highest BCUT2D eigenvalue weighted by molar-refractivity contribution is 7.59. The van der Waals surface area contributed by atoms with Crippen LogP contribution in [-0.2, 0) is 3.84 Å². The molecule has 8 heavy (non-hydrogen) atoms. The Labute approximate surface area is 65.0 Å². The Balaban J connectivity index is -0.0000000575. The van der Waals surface area contributed by atoms with E-state index >= 15 is 0 Å². The van der Waals surface area contributed by atoms with Gasteiger partial charge in [0.2, 0.25) is 0 Å². The van der Waals surface area contributed by atoms with Gasteiger partial charge in [-0.25, -0.2) is 0 Å². The molecule has 54 valence electrons. The fourth-order valence-corrected chi connectivity index (χ4v) is 0. The second-order valence-corrected chi connectivity index (χ2v) is 0.972. The zero-order valence-corrected chi connectivity index (χ0v) is 6.48. The quantitative estimate of drug-likeness (QED) is 0.618. The fourth-order valence-electron chi connectivity index (χ4n) is 0. The Kier molecular flexibility index (Phi) is 49.7. The van der Waals surface area contributed by atoms with E-state index in [0.717, 1.165) is 0 Å². The Bertz CT molecular complexity index is 22.8. The van der Waals surface area contributed by atoms with E-state index in [9.17, 15) is 0 Å². The number of rotatable bonds is 1. The van der Waals surface area contributed by atoms with Gasteiger partial charge in [0.05, 0.1) is 36.9 Å². The Hall–Kier alpha value is 0.810. The van der Waals surface area contributed by atoms with Crippen molar-refractivity contribution in [3.05, 3.63) is 0 Å². The van der Waals surface area contributed by atoms with E-state index in [-0.39, 0.29) is 26.7 Å². The van der Waals surface area contributed by atoms with Crippen molar-refractivity contribution in [2.45, 2.75) is 0 Å². The summed E-state index contributed by atoms with van der Waals surface area (Å²) in [6.07, 6.45) is 0. The normalized spacial score (nSPS) is 6.00. The molecule has 0 atom stereocenters. The summed E-state index contributed by atoms with van der Waals surface area (Å²) in [5, 5.41) is 15.2. The van der Waals surface area contributed by atoms with Crippen molar-refractivity contribution in [1.82, 2.24) is 0 Å². The molecule has 0 fully saturated rings. The van der Waals surface area contributed by atoms with Crippen LogP contribution in [0.1, 0.15) is 0 Å². The van der Waals surface area contributed by atoms with Crippen molar-refractivity contribution in [2.24, 2.45) is 0 Å². The summed E-state index contributed by atoms with van der Waals surface area (Å²) in [4.78, 5) is 0. The van der Waals surface area contributed by atoms with Crippen LogP contribution in [0.25, 0.3) is 0 Å². The largest absolute Gasteiger partial charge is 0.394 e. The molecule has 6 heteroatoms. The Morgan fingerprint density at radius 1 is 1.12 bits per heavy atom. The smallest absolute Gasteiger partial charge is 0.0832 e. The van der Waals surface area contributed by atoms with E-state index in [1.165, 1.54) is 0 Å². The summed E-state index contributed by atoms with van der Waals surface area (Å²) in [6, 6.07) is 0. The molecule has 0 aromatic rings. The van der Waals surface area contributed by atoms with Crippen LogP contribution in [0, 0.1) is 0 Å². The molecule has 0 saturated heterocycles. The third kappa shape index (κ3) is 70.2. The summed E-state index contributed by atoms with van der Waals surface area (Å²) in [5.41, 5.74) is 0. The zero-order valence-electron chi connectivity index (χ0n) is 3.97. The van der Waals surface area contributed by atoms with Gasteiger partial charge in [0, 0.05) is 0 Å². The first-order valence-corrected chi connectivity index (χ1v) is 2.06. The van der Waals surface area contributed by atoms with Crippen LogP contribution in [0.15, 0.2) is 0 Å². The summed E-state index contributed by atoms with van der Waals surface area (Å²) in [7, 11) is 0. The minimum Gasteiger partial charge on any atom is -0.394 e. The van der Waals surface area contributed by atoms with Crippen molar-refractivity contribution >= 4 is 37.2 Å². The number of halogens is 2. The maximum Gasteiger partial charge on any atom is 0.0832 e. The van der Waals surface area contributed by atoms with Gasteiger partial charge >= 0.3 is 0 Å². The van der Waals surface area contributed by atoms with Crippen LogP contribution in [0.5, 0.6) is 0 Å². The predicted octanol–water partition coefficient (Wildman–Crippen LogP) is 0.394. The van der Waals surface area contributed by atoms with Crippen molar-refractivity contribution in [3.8, 4) is 0 Å². The van der Waals surface area contributed by atoms with E-state index < -0.39 is 0 Å². The van der Waals surface area contributed by atoms with Crippen molar-refractivity contribution in [2.75, 3.05) is 13.2 Å². The van der Waals surface area contributed by atoms with E-state index in [4.69, 9.17) is 10.2 Å². The summed E-state index contributed by atoms with van der Waals surface area (Å²) < 4.78 is 3.19. The van der Waals surface area contributed by atoms with Gasteiger partial charge < -0.3 is 10.2 Å². The van der Waals surface area contributed by atoms with Crippen LogP contribution < -0.4 is 0 Å². The highest BCUT2D eigenvalue weighted by Crippen LogP contribution is 1.78. The van der Waals surface area contributed by atoms with E-state index in [1.807, 2.05) is 0 Å². The van der Waals surface area contributed by atoms with Crippen molar-refractivity contribution < 1.29 is 14.1 Å². The topological polar surface area (TPSA) is 49.7 Å². The molecule has 0 spiro atoms. The molecule has 0 rings (SSSR count). The van der Waals surface area contributed by atoms with Crippen LogP contribution in [0.3, 0.4) is 0 Å². The highest BCUT2D eigenvalue weighted by atomic mass is 35.6. The van der Waals surface area contributed by atoms with Gasteiger partial charge in [0.1, 0.15) is 0 Å². The number of aliphatic hydroxyl groups excluding tert-OH is 2. The first kappa shape index (κ1) is 15.9. The second kappa shape index (κ2) is 25.0. The van der Waals surface area contributed by atoms with Crippen LogP contribution in [0.2, 0.25) is 0 Å². The minimum atomic E-state index is -0.125. The molecule has 0 heterocycles. The lowest BCUT2D eigenvalue weighted by atomic mass is 10.8. The van der Waals surface area contributed by atoms with E-state index in [1.54, 1.807) is 0 Å². The molecule has 0 radical (unpaired) electrons. The molecule has 2 N–H and O–H groups in total. The molecule has 0 aliphatic rings. The van der Waals surface area contributed by atoms with Gasteiger partial charge in [-0.1, -0.05) is 0 Å². The first-order chi connectivity index (χ1) is 3.33. The lowest BCUT2D eigenvalue weighted by molar-refractivity contribution is 0.186. The maximum atomic E-state index is 7.62. The van der Waals surface area contributed by atoms with Gasteiger partial charge in [-0.2, -0.15) is 17.3 Å². The average Bonchev–Trinajstić information content (AvgIpc) is 1.69. The van der Waals surface area contributed by atoms with Crippen LogP contribution in [0.4, 0.5) is 0 Å². The van der Waals surface area contributed by atoms with E-state index in [0.29, 0.717) is 0 Å². The lowest BCUT2D eigenvalue weighted by Gasteiger charge is -1.70. The Morgan fingerprint density at radius 2 is 1.25 bits per heavy atom. The van der Waals surface area contributed by atoms with Crippen LogP contribution >= 0.6 is 37.2 Å². The maximum absolute atomic E-state index is 7.62. The minimum absolute atomic E-state index is 0. The third-order valence-corrected chi connectivity index (χ3v) is 0.1000. The summed E-state index contributed by atoms with van der Waals surface area (Å²) in [6.45, 7) is -0.250. The monoisotopic (exact) mass is 182 g/mol. The average molecular weight is 183 g/mol. The molecular formula is C2H8Cl2O3S. The van der Waals surface area contributed by atoms with Crippen molar-refractivity contribution in [1.29, 1.82) is 0 Å². The molecule has 0 aliphatic carbocycles. The van der Waals surface area contributed by atoms with Crippen LogP contribution in [-0.4, -0.2) is 23.4 Å². The van der Waals surface area contributed by atoms with Gasteiger partial charge in [-0.3, -0.25) is 0 Å². The molecule has 0 bridgehead atoms. The van der Waals surface area contributed by atoms with Crippen molar-refractivity contribution in [3.63, 3.8) is 0 Å². The number of hydrogen-bond donors (Lipinski definition) is 2. The standard InChI is InChI=1S/C2H6O2.Cl2O.H2S/c3-1-2-4;1-3-2;/h3-4H,1-2H2;;1H2. The van der Waals surface area contributed by atoms with Gasteiger partial charge in [0.25, 0.3) is 0 Å². The highest BCUT2D eigenvalue weighted by Gasteiger charge is 1.58. The fraction of sp³-hybridized carbons (Fsp3) is 1.00. The number of hydrogen-bond acceptors (Lipinski definition) is 3. The Morgan fingerprint density at radius 3 is 1.25 bits per heavy atom. The number of aliphatic hydroxyl groups is 2. The molecule has 0 saturated carbocycles. The molecule has 0 amide bonds. The summed E-state index contributed by atoms with van der Waals surface area (Å²) in [5.74, 6) is 0. The van der Waals surface area contributed by atoms with Gasteiger partial charge in [-0.05, 0) is 0 Å². The predicted molar refractivity (Wildman–Crippen MR) is 37.3 cm³/mol. The van der Waals surface area contributed by atoms with Gasteiger partial charge in [0.15, 0.2) is 0 Å². The summed E-state index contributed by atoms with van der Waals surface area (Å²) >= 11 is 8.53.